The Kier molecular flexibility index (Phi) is 5.41. The van der Waals surface area contributed by atoms with E-state index < -0.39 is 0 Å². The van der Waals surface area contributed by atoms with Gasteiger partial charge in [-0.2, -0.15) is 0 Å². The number of ether oxygens (including phenoxy) is 2. The van der Waals surface area contributed by atoms with Crippen molar-refractivity contribution in [3.63, 3.8) is 0 Å². The summed E-state index contributed by atoms with van der Waals surface area (Å²) in [6, 6.07) is 7.61. The van der Waals surface area contributed by atoms with E-state index in [0.29, 0.717) is 24.8 Å². The maximum atomic E-state index is 11.6. The zero-order valence-electron chi connectivity index (χ0n) is 13.0. The average Bonchev–Trinajstić information content (AvgIpc) is 2.89. The summed E-state index contributed by atoms with van der Waals surface area (Å²) in [6.45, 7) is 6.49. The third-order valence-corrected chi connectivity index (χ3v) is 2.97. The van der Waals surface area contributed by atoms with Crippen molar-refractivity contribution < 1.29 is 18.8 Å². The van der Waals surface area contributed by atoms with Gasteiger partial charge in [-0.15, -0.1) is 0 Å². The molecule has 1 aromatic carbocycles. The van der Waals surface area contributed by atoms with Gasteiger partial charge in [0.05, 0.1) is 6.54 Å². The quantitative estimate of drug-likeness (QED) is 0.794. The molecule has 0 radical (unpaired) electrons. The van der Waals surface area contributed by atoms with Gasteiger partial charge in [0.1, 0.15) is 18.1 Å². The summed E-state index contributed by atoms with van der Waals surface area (Å²) in [5, 5.41) is 6.35. The average molecular weight is 304 g/mol. The fourth-order valence-corrected chi connectivity index (χ4v) is 1.91. The minimum atomic E-state index is -0.232. The summed E-state index contributed by atoms with van der Waals surface area (Å²) in [5.74, 6) is 1.54. The zero-order chi connectivity index (χ0) is 15.9. The van der Waals surface area contributed by atoms with Gasteiger partial charge in [-0.3, -0.25) is 4.79 Å². The van der Waals surface area contributed by atoms with Gasteiger partial charge in [-0.05, 0) is 37.6 Å². The first-order valence-electron chi connectivity index (χ1n) is 7.07. The van der Waals surface area contributed by atoms with Crippen LogP contribution in [0.4, 0.5) is 0 Å². The summed E-state index contributed by atoms with van der Waals surface area (Å²) in [4.78, 5) is 11.6. The van der Waals surface area contributed by atoms with Crippen LogP contribution in [-0.2, 0) is 4.79 Å². The largest absolute Gasteiger partial charge is 0.491 e. The Balaban J connectivity index is 1.64. The van der Waals surface area contributed by atoms with Gasteiger partial charge in [0.15, 0.2) is 6.61 Å². The molecule has 22 heavy (non-hydrogen) atoms. The lowest BCUT2D eigenvalue weighted by Crippen LogP contribution is -2.32. The predicted octanol–water partition coefficient (Wildman–Crippen LogP) is 2.17. The van der Waals surface area contributed by atoms with Crippen molar-refractivity contribution in [1.29, 1.82) is 0 Å². The SMILES string of the molecule is Cc1ccc(OCCNC(=O)COc2cc(C)on2)c(C)c1. The highest BCUT2D eigenvalue weighted by Gasteiger charge is 2.06. The summed E-state index contributed by atoms with van der Waals surface area (Å²) in [6.07, 6.45) is 0. The lowest BCUT2D eigenvalue weighted by Gasteiger charge is -2.10. The highest BCUT2D eigenvalue weighted by Crippen LogP contribution is 2.18. The molecule has 0 saturated heterocycles. The molecule has 1 heterocycles. The monoisotopic (exact) mass is 304 g/mol. The molecule has 0 aliphatic rings. The van der Waals surface area contributed by atoms with Crippen LogP contribution >= 0.6 is 0 Å². The van der Waals surface area contributed by atoms with Gasteiger partial charge < -0.3 is 19.3 Å². The van der Waals surface area contributed by atoms with E-state index in [2.05, 4.69) is 16.5 Å². The van der Waals surface area contributed by atoms with Crippen molar-refractivity contribution >= 4 is 5.91 Å². The first-order valence-corrected chi connectivity index (χ1v) is 7.07. The molecule has 0 unspecified atom stereocenters. The van der Waals surface area contributed by atoms with Crippen molar-refractivity contribution in [3.8, 4) is 11.6 Å². The van der Waals surface area contributed by atoms with E-state index in [1.165, 1.54) is 5.56 Å². The Morgan fingerprint density at radius 3 is 2.73 bits per heavy atom. The second-order valence-electron chi connectivity index (χ2n) is 5.03. The van der Waals surface area contributed by atoms with Crippen LogP contribution in [0.25, 0.3) is 0 Å². The van der Waals surface area contributed by atoms with Gasteiger partial charge in [-0.1, -0.05) is 17.7 Å². The van der Waals surface area contributed by atoms with Crippen LogP contribution in [0.1, 0.15) is 16.9 Å². The third kappa shape index (κ3) is 4.80. The second-order valence-corrected chi connectivity index (χ2v) is 5.03. The van der Waals surface area contributed by atoms with Gasteiger partial charge in [0.2, 0.25) is 0 Å². The molecule has 0 atom stereocenters. The normalized spacial score (nSPS) is 10.3. The standard InChI is InChI=1S/C16H20N2O4/c1-11-4-5-14(12(2)8-11)20-7-6-17-15(19)10-21-16-9-13(3)22-18-16/h4-5,8-9H,6-7,10H2,1-3H3,(H,17,19). The fraction of sp³-hybridized carbons (Fsp3) is 0.375. The Morgan fingerprint density at radius 1 is 1.23 bits per heavy atom. The van der Waals surface area contributed by atoms with Crippen LogP contribution in [0.3, 0.4) is 0 Å². The number of carbonyl (C=O) groups is 1. The molecule has 0 bridgehead atoms. The van der Waals surface area contributed by atoms with Crippen molar-refractivity contribution in [2.45, 2.75) is 20.8 Å². The number of aromatic nitrogens is 1. The Bertz CT molecular complexity index is 637. The van der Waals surface area contributed by atoms with Gasteiger partial charge in [0.25, 0.3) is 11.8 Å². The van der Waals surface area contributed by atoms with Crippen LogP contribution in [-0.4, -0.2) is 30.8 Å². The third-order valence-electron chi connectivity index (χ3n) is 2.97. The predicted molar refractivity (Wildman–Crippen MR) is 81.2 cm³/mol. The Labute approximate surface area is 129 Å². The van der Waals surface area contributed by atoms with Gasteiger partial charge in [-0.25, -0.2) is 0 Å². The molecule has 0 aliphatic carbocycles. The molecule has 0 fully saturated rings. The highest BCUT2D eigenvalue weighted by molar-refractivity contribution is 5.77. The minimum absolute atomic E-state index is 0.102. The molecular formula is C16H20N2O4. The molecule has 6 nitrogen and oxygen atoms in total. The summed E-state index contributed by atoms with van der Waals surface area (Å²) in [7, 11) is 0. The number of rotatable bonds is 7. The van der Waals surface area contributed by atoms with Crippen LogP contribution in [0.15, 0.2) is 28.8 Å². The highest BCUT2D eigenvalue weighted by atomic mass is 16.5. The minimum Gasteiger partial charge on any atom is -0.491 e. The number of aryl methyl sites for hydroxylation is 3. The lowest BCUT2D eigenvalue weighted by molar-refractivity contribution is -0.123. The summed E-state index contributed by atoms with van der Waals surface area (Å²) in [5.41, 5.74) is 2.27. The molecule has 0 saturated carbocycles. The van der Waals surface area contributed by atoms with E-state index >= 15 is 0 Å². The number of nitrogens with zero attached hydrogens (tertiary/aromatic N) is 1. The maximum Gasteiger partial charge on any atom is 0.258 e. The van der Waals surface area contributed by atoms with Gasteiger partial charge >= 0.3 is 0 Å². The molecule has 6 heteroatoms. The topological polar surface area (TPSA) is 73.6 Å². The zero-order valence-corrected chi connectivity index (χ0v) is 13.0. The van der Waals surface area contributed by atoms with Crippen LogP contribution < -0.4 is 14.8 Å². The number of hydrogen-bond acceptors (Lipinski definition) is 5. The van der Waals surface area contributed by atoms with E-state index in [-0.39, 0.29) is 12.5 Å². The molecular weight excluding hydrogens is 284 g/mol. The second kappa shape index (κ2) is 7.49. The molecule has 2 rings (SSSR count). The van der Waals surface area contributed by atoms with E-state index in [9.17, 15) is 4.79 Å². The molecule has 1 aromatic heterocycles. The van der Waals surface area contributed by atoms with Gasteiger partial charge in [0, 0.05) is 6.07 Å². The first-order chi connectivity index (χ1) is 10.5. The van der Waals surface area contributed by atoms with Crippen molar-refractivity contribution in [3.05, 3.63) is 41.2 Å². The van der Waals surface area contributed by atoms with Crippen molar-refractivity contribution in [2.24, 2.45) is 0 Å². The summed E-state index contributed by atoms with van der Waals surface area (Å²) < 4.78 is 15.6. The number of benzene rings is 1. The molecule has 1 amide bonds. The first kappa shape index (κ1) is 15.9. The summed E-state index contributed by atoms with van der Waals surface area (Å²) >= 11 is 0. The van der Waals surface area contributed by atoms with Crippen molar-refractivity contribution in [1.82, 2.24) is 10.5 Å². The molecule has 2 aromatic rings. The van der Waals surface area contributed by atoms with Crippen molar-refractivity contribution in [2.75, 3.05) is 19.8 Å². The number of amides is 1. The maximum absolute atomic E-state index is 11.6. The molecule has 1 N–H and O–H groups in total. The lowest BCUT2D eigenvalue weighted by atomic mass is 10.1. The van der Waals surface area contributed by atoms with E-state index in [0.717, 1.165) is 11.3 Å². The van der Waals surface area contributed by atoms with Crippen LogP contribution in [0.5, 0.6) is 11.6 Å². The van der Waals surface area contributed by atoms with E-state index in [4.69, 9.17) is 14.0 Å². The van der Waals surface area contributed by atoms with Crippen LogP contribution in [0.2, 0.25) is 0 Å². The molecule has 0 spiro atoms. The number of nitrogens with one attached hydrogen (secondary N) is 1. The molecule has 118 valence electrons. The van der Waals surface area contributed by atoms with E-state index in [1.807, 2.05) is 26.0 Å². The van der Waals surface area contributed by atoms with Crippen LogP contribution in [0, 0.1) is 20.8 Å². The molecule has 0 aliphatic heterocycles. The number of hydrogen-bond donors (Lipinski definition) is 1. The Hall–Kier alpha value is -2.50. The van der Waals surface area contributed by atoms with E-state index in [1.54, 1.807) is 13.0 Å². The smallest absolute Gasteiger partial charge is 0.258 e. The number of carbonyl (C=O) groups excluding carboxylic acids is 1. The fourth-order valence-electron chi connectivity index (χ4n) is 1.91. The Morgan fingerprint density at radius 2 is 2.05 bits per heavy atom.